The van der Waals surface area contributed by atoms with Gasteiger partial charge in [-0.1, -0.05) is 180 Å². The van der Waals surface area contributed by atoms with Crippen LogP contribution >= 0.6 is 0 Å². The van der Waals surface area contributed by atoms with Crippen LogP contribution in [0.5, 0.6) is 17.2 Å². The van der Waals surface area contributed by atoms with Gasteiger partial charge in [0.05, 0.1) is 19.8 Å². The van der Waals surface area contributed by atoms with Crippen LogP contribution in [0.3, 0.4) is 0 Å². The summed E-state index contributed by atoms with van der Waals surface area (Å²) in [6, 6.07) is 15.0. The van der Waals surface area contributed by atoms with Crippen LogP contribution in [-0.2, 0) is 0 Å². The number of aryl methyl sites for hydroxylation is 1. The van der Waals surface area contributed by atoms with Crippen molar-refractivity contribution in [1.29, 1.82) is 0 Å². The van der Waals surface area contributed by atoms with Crippen molar-refractivity contribution in [1.82, 2.24) is 0 Å². The molecule has 0 heterocycles. The summed E-state index contributed by atoms with van der Waals surface area (Å²) in [5.41, 5.74) is 1.86. The van der Waals surface area contributed by atoms with Gasteiger partial charge in [0.25, 0.3) is 0 Å². The lowest BCUT2D eigenvalue weighted by atomic mass is 9.93. The molecule has 0 fully saturated rings. The topological polar surface area (TPSA) is 44.8 Å². The third kappa shape index (κ3) is 13.8. The second kappa shape index (κ2) is 25.7. The second-order valence-corrected chi connectivity index (χ2v) is 15.9. The first-order valence-corrected chi connectivity index (χ1v) is 22.4. The Morgan fingerprint density at radius 3 is 1.33 bits per heavy atom. The van der Waals surface area contributed by atoms with Crippen molar-refractivity contribution in [2.24, 2.45) is 0 Å². The molecule has 0 atom stereocenters. The summed E-state index contributed by atoms with van der Waals surface area (Å²) < 4.78 is 20.3. The number of fused-ring (bicyclic) bond motifs is 5. The van der Waals surface area contributed by atoms with Gasteiger partial charge in [0.1, 0.15) is 6.29 Å². The van der Waals surface area contributed by atoms with E-state index in [1.54, 1.807) is 0 Å². The van der Waals surface area contributed by atoms with Gasteiger partial charge in [-0.3, -0.25) is 4.79 Å². The summed E-state index contributed by atoms with van der Waals surface area (Å²) in [7, 11) is 0. The number of unbranched alkanes of at least 4 members (excludes halogenated alkanes) is 21. The zero-order chi connectivity index (χ0) is 38.2. The molecule has 0 aliphatic carbocycles. The number of ether oxygens (including phenoxy) is 3. The van der Waals surface area contributed by atoms with Gasteiger partial charge < -0.3 is 14.2 Å². The van der Waals surface area contributed by atoms with Crippen LogP contribution in [0.2, 0.25) is 0 Å². The zero-order valence-corrected chi connectivity index (χ0v) is 34.8. The van der Waals surface area contributed by atoms with E-state index in [0.717, 1.165) is 69.9 Å². The number of aldehydes is 1. The summed E-state index contributed by atoms with van der Waals surface area (Å²) in [4.78, 5) is 11.6. The third-order valence-electron chi connectivity index (χ3n) is 11.2. The van der Waals surface area contributed by atoms with Gasteiger partial charge >= 0.3 is 0 Å². The molecule has 0 amide bonds. The Bertz CT molecular complexity index is 1660. The highest BCUT2D eigenvalue weighted by molar-refractivity contribution is 6.20. The fourth-order valence-electron chi connectivity index (χ4n) is 7.93. The molecule has 4 nitrogen and oxygen atoms in total. The second-order valence-electron chi connectivity index (χ2n) is 15.9. The summed E-state index contributed by atoms with van der Waals surface area (Å²) >= 11 is 0. The fraction of sp³-hybridized carbons (Fsp3) is 0.620. The monoisotopic (exact) mass is 739 g/mol. The highest BCUT2D eigenvalue weighted by Crippen LogP contribution is 2.47. The molecular weight excluding hydrogens is 665 g/mol. The Balaban J connectivity index is 1.61. The van der Waals surface area contributed by atoms with E-state index in [-0.39, 0.29) is 0 Å². The van der Waals surface area contributed by atoms with Crippen LogP contribution in [0.15, 0.2) is 42.5 Å². The van der Waals surface area contributed by atoms with Crippen LogP contribution < -0.4 is 14.2 Å². The molecule has 0 radical (unpaired) electrons. The van der Waals surface area contributed by atoms with Gasteiger partial charge in [0.2, 0.25) is 5.75 Å². The average molecular weight is 739 g/mol. The Hall–Kier alpha value is -3.27. The highest BCUT2D eigenvalue weighted by Gasteiger charge is 2.21. The van der Waals surface area contributed by atoms with Crippen molar-refractivity contribution in [3.05, 3.63) is 53.6 Å². The molecule has 4 aromatic carbocycles. The van der Waals surface area contributed by atoms with Gasteiger partial charge in [0, 0.05) is 10.9 Å². The van der Waals surface area contributed by atoms with E-state index in [1.165, 1.54) is 146 Å². The Kier molecular flexibility index (Phi) is 20.7. The van der Waals surface area contributed by atoms with Crippen LogP contribution in [0.1, 0.15) is 191 Å². The molecule has 54 heavy (non-hydrogen) atoms. The number of rotatable bonds is 31. The van der Waals surface area contributed by atoms with Crippen molar-refractivity contribution in [2.45, 2.75) is 182 Å². The minimum Gasteiger partial charge on any atom is -0.490 e. The van der Waals surface area contributed by atoms with Gasteiger partial charge in [-0.15, -0.1) is 0 Å². The van der Waals surface area contributed by atoms with E-state index >= 15 is 0 Å². The molecule has 0 saturated carbocycles. The lowest BCUT2D eigenvalue weighted by molar-refractivity contribution is 0.112. The molecule has 0 bridgehead atoms. The molecule has 0 saturated heterocycles. The van der Waals surface area contributed by atoms with E-state index in [2.05, 4.69) is 58.0 Å². The quantitative estimate of drug-likeness (QED) is 0.0293. The van der Waals surface area contributed by atoms with Gasteiger partial charge in [-0.05, 0) is 76.9 Å². The molecule has 4 heteroatoms. The molecular formula is C50H74O4. The van der Waals surface area contributed by atoms with E-state index in [0.29, 0.717) is 25.4 Å². The standard InChI is InChI=1S/C50H74O4/c1-5-8-11-14-17-20-23-26-33-52-48-38-47-44(32-31-43-42-30-29-41(39-51)37-45(42)40(4)36-46(43)47)49(53-34-27-24-21-18-15-12-9-6-2)50(48)54-35-28-25-22-19-16-13-10-7-3/h29-32,36-39H,5-28,33-35H2,1-4H3. The van der Waals surface area contributed by atoms with E-state index in [9.17, 15) is 4.79 Å². The highest BCUT2D eigenvalue weighted by atomic mass is 16.5. The first-order chi connectivity index (χ1) is 26.6. The fourth-order valence-corrected chi connectivity index (χ4v) is 7.93. The van der Waals surface area contributed by atoms with E-state index in [4.69, 9.17) is 14.2 Å². The summed E-state index contributed by atoms with van der Waals surface area (Å²) in [6.45, 7) is 11.0. The molecule has 0 aromatic heterocycles. The van der Waals surface area contributed by atoms with Crippen molar-refractivity contribution in [3.8, 4) is 17.2 Å². The molecule has 0 aliphatic rings. The smallest absolute Gasteiger partial charge is 0.204 e. The lowest BCUT2D eigenvalue weighted by Crippen LogP contribution is -2.07. The minimum atomic E-state index is 0.666. The lowest BCUT2D eigenvalue weighted by Gasteiger charge is -2.21. The van der Waals surface area contributed by atoms with Gasteiger partial charge in [-0.25, -0.2) is 0 Å². The van der Waals surface area contributed by atoms with Gasteiger partial charge in [-0.2, -0.15) is 0 Å². The molecule has 0 spiro atoms. The van der Waals surface area contributed by atoms with Crippen molar-refractivity contribution >= 4 is 38.6 Å². The molecule has 298 valence electrons. The van der Waals surface area contributed by atoms with Crippen LogP contribution in [0.4, 0.5) is 0 Å². The predicted octanol–water partition coefficient (Wildman–Crippen LogP) is 15.8. The third-order valence-corrected chi connectivity index (χ3v) is 11.2. The Morgan fingerprint density at radius 2 is 0.815 bits per heavy atom. The maximum absolute atomic E-state index is 11.6. The molecule has 4 rings (SSSR count). The molecule has 4 aromatic rings. The van der Waals surface area contributed by atoms with E-state index < -0.39 is 0 Å². The number of benzene rings is 4. The van der Waals surface area contributed by atoms with Gasteiger partial charge in [0.15, 0.2) is 11.5 Å². The molecule has 0 unspecified atom stereocenters. The average Bonchev–Trinajstić information content (AvgIpc) is 3.19. The van der Waals surface area contributed by atoms with Crippen LogP contribution in [0, 0.1) is 6.92 Å². The summed E-state index contributed by atoms with van der Waals surface area (Å²) in [6.07, 6.45) is 31.3. The number of hydrogen-bond donors (Lipinski definition) is 0. The predicted molar refractivity (Wildman–Crippen MR) is 233 cm³/mol. The first-order valence-electron chi connectivity index (χ1n) is 22.4. The molecule has 0 aliphatic heterocycles. The zero-order valence-electron chi connectivity index (χ0n) is 34.8. The van der Waals surface area contributed by atoms with Crippen molar-refractivity contribution in [2.75, 3.05) is 19.8 Å². The van der Waals surface area contributed by atoms with Crippen molar-refractivity contribution in [3.63, 3.8) is 0 Å². The molecule has 0 N–H and O–H groups in total. The van der Waals surface area contributed by atoms with Crippen molar-refractivity contribution < 1.29 is 19.0 Å². The van der Waals surface area contributed by atoms with Crippen LogP contribution in [-0.4, -0.2) is 26.1 Å². The maximum Gasteiger partial charge on any atom is 0.204 e. The van der Waals surface area contributed by atoms with E-state index in [1.807, 2.05) is 12.1 Å². The largest absolute Gasteiger partial charge is 0.490 e. The summed E-state index contributed by atoms with van der Waals surface area (Å²) in [5, 5.41) is 6.85. The number of carbonyl (C=O) groups is 1. The summed E-state index contributed by atoms with van der Waals surface area (Å²) in [5.74, 6) is 2.41. The Labute approximate surface area is 329 Å². The van der Waals surface area contributed by atoms with Crippen LogP contribution in [0.25, 0.3) is 32.3 Å². The normalized spacial score (nSPS) is 11.6. The first kappa shape index (κ1) is 43.5. The SMILES string of the molecule is CCCCCCCCCCOc1cc2c(ccc3c4ccc(C=O)cc4c(C)cc23)c(OCCCCCCCCCC)c1OCCCCCCCCCC. The minimum absolute atomic E-state index is 0.666. The Morgan fingerprint density at radius 1 is 0.407 bits per heavy atom. The number of hydrogen-bond acceptors (Lipinski definition) is 4. The maximum atomic E-state index is 11.6. The number of carbonyl (C=O) groups excluding carboxylic acids is 1.